The van der Waals surface area contributed by atoms with Gasteiger partial charge in [-0.15, -0.1) is 0 Å². The maximum absolute atomic E-state index is 5.88. The fourth-order valence-electron chi connectivity index (χ4n) is 3.14. The molecule has 1 aromatic carbocycles. The van der Waals surface area contributed by atoms with E-state index in [-0.39, 0.29) is 0 Å². The molecule has 0 saturated carbocycles. The van der Waals surface area contributed by atoms with Crippen LogP contribution in [0.3, 0.4) is 0 Å². The maximum atomic E-state index is 5.88. The minimum atomic E-state index is 0.432. The molecule has 0 bridgehead atoms. The van der Waals surface area contributed by atoms with Gasteiger partial charge < -0.3 is 5.32 Å². The zero-order valence-electron chi connectivity index (χ0n) is 13.3. The largest absolute Gasteiger partial charge is 0.311 e. The van der Waals surface area contributed by atoms with Crippen LogP contribution in [0.1, 0.15) is 38.8 Å². The summed E-state index contributed by atoms with van der Waals surface area (Å²) >= 11 is 5.88. The highest BCUT2D eigenvalue weighted by Crippen LogP contribution is 2.26. The molecule has 0 radical (unpaired) electrons. The molecule has 0 spiro atoms. The predicted octanol–water partition coefficient (Wildman–Crippen LogP) is 4.19. The minimum Gasteiger partial charge on any atom is -0.311 e. The van der Waals surface area contributed by atoms with Crippen LogP contribution in [0, 0.1) is 5.92 Å². The van der Waals surface area contributed by atoms with Gasteiger partial charge >= 0.3 is 0 Å². The van der Waals surface area contributed by atoms with Gasteiger partial charge in [0.25, 0.3) is 0 Å². The average molecular weight is 307 g/mol. The summed E-state index contributed by atoms with van der Waals surface area (Å²) in [5, 5.41) is 3.73. The van der Waals surface area contributed by atoms with E-state index in [1.165, 1.54) is 17.6 Å². The molecule has 1 aliphatic heterocycles. The second kappa shape index (κ2) is 7.98. The highest BCUT2D eigenvalue weighted by atomic mass is 35.5. The minimum absolute atomic E-state index is 0.432. The van der Waals surface area contributed by atoms with Crippen molar-refractivity contribution in [2.45, 2.75) is 39.3 Å². The summed E-state index contributed by atoms with van der Waals surface area (Å²) in [5.74, 6) is 0.724. The van der Waals surface area contributed by atoms with Crippen molar-refractivity contribution in [3.63, 3.8) is 0 Å². The number of nitrogens with zero attached hydrogens (tertiary/aromatic N) is 1. The summed E-state index contributed by atoms with van der Waals surface area (Å²) in [6.45, 7) is 9.73. The Morgan fingerprint density at radius 1 is 1.38 bits per heavy atom. The summed E-state index contributed by atoms with van der Waals surface area (Å²) in [6.07, 6.45) is 1.22. The monoisotopic (exact) mass is 306 g/mol. The van der Waals surface area contributed by atoms with Crippen LogP contribution in [0.15, 0.2) is 41.4 Å². The van der Waals surface area contributed by atoms with Crippen LogP contribution >= 0.6 is 11.6 Å². The smallest absolute Gasteiger partial charge is 0.0476 e. The fourth-order valence-corrected chi connectivity index (χ4v) is 3.21. The first-order chi connectivity index (χ1) is 10.1. The van der Waals surface area contributed by atoms with Crippen molar-refractivity contribution in [1.29, 1.82) is 0 Å². The molecule has 1 fully saturated rings. The molecule has 2 atom stereocenters. The summed E-state index contributed by atoms with van der Waals surface area (Å²) < 4.78 is 0. The van der Waals surface area contributed by atoms with Crippen LogP contribution in [0.4, 0.5) is 0 Å². The van der Waals surface area contributed by atoms with Gasteiger partial charge in [-0.1, -0.05) is 55.8 Å². The molecule has 1 saturated heterocycles. The zero-order chi connectivity index (χ0) is 15.2. The summed E-state index contributed by atoms with van der Waals surface area (Å²) in [7, 11) is 0. The van der Waals surface area contributed by atoms with Gasteiger partial charge in [0.15, 0.2) is 0 Å². The third-order valence-electron chi connectivity index (χ3n) is 4.07. The van der Waals surface area contributed by atoms with Crippen LogP contribution in [0.5, 0.6) is 0 Å². The molecular weight excluding hydrogens is 280 g/mol. The average Bonchev–Trinajstić information content (AvgIpc) is 2.47. The lowest BCUT2D eigenvalue weighted by atomic mass is 9.96. The van der Waals surface area contributed by atoms with Crippen LogP contribution in [-0.2, 0) is 0 Å². The lowest BCUT2D eigenvalue weighted by Crippen LogP contribution is -2.53. The summed E-state index contributed by atoms with van der Waals surface area (Å²) in [6, 6.07) is 11.8. The van der Waals surface area contributed by atoms with E-state index in [9.17, 15) is 0 Å². The Hall–Kier alpha value is -0.830. The second-order valence-corrected chi connectivity index (χ2v) is 6.76. The molecule has 2 rings (SSSR count). The molecular formula is C18H27ClN2. The van der Waals surface area contributed by atoms with Crippen LogP contribution in [0.2, 0.25) is 0 Å². The Bertz CT molecular complexity index is 456. The number of piperazine rings is 1. The highest BCUT2D eigenvalue weighted by molar-refractivity contribution is 6.25. The van der Waals surface area contributed by atoms with E-state index in [0.717, 1.165) is 25.6 Å². The standard InChI is InChI=1S/C18H27ClN2/c1-14(2)9-17-13-21(12-15(3)10-19)18(11-20-17)16-7-5-4-6-8-16/h4-8,10,14,17-18,20H,9,11-13H2,1-3H3/b15-10+. The molecule has 116 valence electrons. The molecule has 1 heterocycles. The SMILES string of the molecule is C/C(=C\Cl)CN1CC(CC(C)C)NCC1c1ccccc1. The molecule has 2 nitrogen and oxygen atoms in total. The van der Waals surface area contributed by atoms with Gasteiger partial charge in [0, 0.05) is 37.3 Å². The van der Waals surface area contributed by atoms with E-state index in [4.69, 9.17) is 11.6 Å². The topological polar surface area (TPSA) is 15.3 Å². The van der Waals surface area contributed by atoms with Gasteiger partial charge in [0.2, 0.25) is 0 Å². The summed E-state index contributed by atoms with van der Waals surface area (Å²) in [4.78, 5) is 2.56. The first-order valence-electron chi connectivity index (χ1n) is 7.88. The number of benzene rings is 1. The molecule has 21 heavy (non-hydrogen) atoms. The first kappa shape index (κ1) is 16.5. The second-order valence-electron chi connectivity index (χ2n) is 6.55. The third kappa shape index (κ3) is 4.84. The number of halogens is 1. The number of nitrogens with one attached hydrogen (secondary N) is 1. The van der Waals surface area contributed by atoms with Gasteiger partial charge in [0.1, 0.15) is 0 Å². The van der Waals surface area contributed by atoms with Crippen molar-refractivity contribution in [3.05, 3.63) is 47.0 Å². The number of hydrogen-bond donors (Lipinski definition) is 1. The van der Waals surface area contributed by atoms with E-state index in [0.29, 0.717) is 12.1 Å². The predicted molar refractivity (Wildman–Crippen MR) is 91.6 cm³/mol. The van der Waals surface area contributed by atoms with E-state index in [2.05, 4.69) is 61.3 Å². The van der Waals surface area contributed by atoms with Crippen molar-refractivity contribution in [3.8, 4) is 0 Å². The lowest BCUT2D eigenvalue weighted by Gasteiger charge is -2.41. The normalized spacial score (nSPS) is 24.5. The van der Waals surface area contributed by atoms with Crippen molar-refractivity contribution in [2.24, 2.45) is 5.92 Å². The van der Waals surface area contributed by atoms with Crippen LogP contribution < -0.4 is 5.32 Å². The van der Waals surface area contributed by atoms with Crippen molar-refractivity contribution in [1.82, 2.24) is 10.2 Å². The number of rotatable bonds is 5. The van der Waals surface area contributed by atoms with Gasteiger partial charge in [-0.3, -0.25) is 4.90 Å². The Morgan fingerprint density at radius 2 is 2.10 bits per heavy atom. The Kier molecular flexibility index (Phi) is 6.28. The van der Waals surface area contributed by atoms with E-state index >= 15 is 0 Å². The fraction of sp³-hybridized carbons (Fsp3) is 0.556. The van der Waals surface area contributed by atoms with E-state index < -0.39 is 0 Å². The van der Waals surface area contributed by atoms with Crippen molar-refractivity contribution < 1.29 is 0 Å². The molecule has 0 aliphatic carbocycles. The molecule has 1 aliphatic rings. The van der Waals surface area contributed by atoms with Crippen molar-refractivity contribution >= 4 is 11.6 Å². The quantitative estimate of drug-likeness (QED) is 0.877. The van der Waals surface area contributed by atoms with E-state index in [1.807, 2.05) is 0 Å². The van der Waals surface area contributed by atoms with Gasteiger partial charge in [-0.25, -0.2) is 0 Å². The third-order valence-corrected chi connectivity index (χ3v) is 4.45. The first-order valence-corrected chi connectivity index (χ1v) is 8.32. The maximum Gasteiger partial charge on any atom is 0.0476 e. The van der Waals surface area contributed by atoms with Gasteiger partial charge in [0.05, 0.1) is 0 Å². The summed E-state index contributed by atoms with van der Waals surface area (Å²) in [5.41, 5.74) is 4.32. The molecule has 0 aromatic heterocycles. The molecule has 3 heteroatoms. The Labute approximate surface area is 134 Å². The van der Waals surface area contributed by atoms with Crippen LogP contribution in [-0.4, -0.2) is 30.6 Å². The zero-order valence-corrected chi connectivity index (χ0v) is 14.1. The Balaban J connectivity index is 2.12. The molecule has 0 amide bonds. The molecule has 1 N–H and O–H groups in total. The van der Waals surface area contributed by atoms with Gasteiger partial charge in [-0.2, -0.15) is 0 Å². The lowest BCUT2D eigenvalue weighted by molar-refractivity contribution is 0.133. The Morgan fingerprint density at radius 3 is 2.71 bits per heavy atom. The van der Waals surface area contributed by atoms with Gasteiger partial charge in [-0.05, 0) is 30.4 Å². The van der Waals surface area contributed by atoms with Crippen molar-refractivity contribution in [2.75, 3.05) is 19.6 Å². The highest BCUT2D eigenvalue weighted by Gasteiger charge is 2.29. The van der Waals surface area contributed by atoms with Crippen LogP contribution in [0.25, 0.3) is 0 Å². The molecule has 1 aromatic rings. The molecule has 2 unspecified atom stereocenters. The number of hydrogen-bond acceptors (Lipinski definition) is 2. The van der Waals surface area contributed by atoms with E-state index in [1.54, 1.807) is 5.54 Å².